The van der Waals surface area contributed by atoms with E-state index >= 15 is 0 Å². The van der Waals surface area contributed by atoms with E-state index in [9.17, 15) is 28.5 Å². The van der Waals surface area contributed by atoms with Crippen molar-refractivity contribution >= 4 is 23.3 Å². The van der Waals surface area contributed by atoms with Gasteiger partial charge in [0.05, 0.1) is 10.5 Å². The molecule has 10 heteroatoms. The number of rotatable bonds is 7. The van der Waals surface area contributed by atoms with Gasteiger partial charge < -0.3 is 14.8 Å². The van der Waals surface area contributed by atoms with Crippen LogP contribution in [0.1, 0.15) is 15.9 Å². The minimum absolute atomic E-state index is 0.0426. The molecule has 1 amide bonds. The van der Waals surface area contributed by atoms with Gasteiger partial charge in [0.2, 0.25) is 0 Å². The molecule has 0 bridgehead atoms. The molecule has 2 aromatic rings. The van der Waals surface area contributed by atoms with Gasteiger partial charge in [-0.15, -0.1) is 0 Å². The third-order valence-corrected chi connectivity index (χ3v) is 3.25. The number of benzene rings is 2. The quantitative estimate of drug-likeness (QED) is 0.449. The number of ether oxygens (including phenoxy) is 2. The Balaban J connectivity index is 1.98. The number of amides is 1. The molecule has 0 heterocycles. The Kier molecular flexibility index (Phi) is 6.36. The standard InChI is InChI=1S/C17H14F2N2O6/c1-10-5-6-13(14(7-10)21(24)25)20-15(22)9-26-16(23)11-3-2-4-12(8-11)27-17(18)19/h2-8,17H,9H2,1H3,(H,20,22). The average Bonchev–Trinajstić information content (AvgIpc) is 2.60. The molecule has 8 nitrogen and oxygen atoms in total. The molecule has 0 fully saturated rings. The lowest BCUT2D eigenvalue weighted by atomic mass is 10.2. The van der Waals surface area contributed by atoms with Gasteiger partial charge in [-0.1, -0.05) is 12.1 Å². The maximum absolute atomic E-state index is 12.2. The van der Waals surface area contributed by atoms with Crippen LogP contribution in [-0.4, -0.2) is 30.0 Å². The highest BCUT2D eigenvalue weighted by Gasteiger charge is 2.17. The second kappa shape index (κ2) is 8.70. The van der Waals surface area contributed by atoms with Crippen LogP contribution in [0.4, 0.5) is 20.2 Å². The number of nitro benzene ring substituents is 1. The lowest BCUT2D eigenvalue weighted by Crippen LogP contribution is -2.21. The van der Waals surface area contributed by atoms with Crippen molar-refractivity contribution in [2.75, 3.05) is 11.9 Å². The Morgan fingerprint density at radius 2 is 1.96 bits per heavy atom. The van der Waals surface area contributed by atoms with Gasteiger partial charge in [-0.3, -0.25) is 14.9 Å². The van der Waals surface area contributed by atoms with Crippen molar-refractivity contribution in [1.82, 2.24) is 0 Å². The van der Waals surface area contributed by atoms with Crippen LogP contribution >= 0.6 is 0 Å². The molecule has 27 heavy (non-hydrogen) atoms. The van der Waals surface area contributed by atoms with Crippen molar-refractivity contribution in [1.29, 1.82) is 0 Å². The summed E-state index contributed by atoms with van der Waals surface area (Å²) < 4.78 is 33.3. The maximum atomic E-state index is 12.2. The lowest BCUT2D eigenvalue weighted by Gasteiger charge is -2.09. The number of esters is 1. The van der Waals surface area contributed by atoms with Crippen LogP contribution in [0.5, 0.6) is 5.75 Å². The van der Waals surface area contributed by atoms with Crippen LogP contribution < -0.4 is 10.1 Å². The number of carbonyl (C=O) groups is 2. The first-order valence-electron chi connectivity index (χ1n) is 7.53. The van der Waals surface area contributed by atoms with Gasteiger partial charge in [0, 0.05) is 6.07 Å². The zero-order valence-corrected chi connectivity index (χ0v) is 14.0. The molecule has 2 rings (SSSR count). The summed E-state index contributed by atoms with van der Waals surface area (Å²) in [4.78, 5) is 34.2. The predicted octanol–water partition coefficient (Wildman–Crippen LogP) is 3.30. The molecule has 1 N–H and O–H groups in total. The van der Waals surface area contributed by atoms with E-state index in [0.717, 1.165) is 6.07 Å². The zero-order valence-electron chi connectivity index (χ0n) is 14.0. The Labute approximate surface area is 151 Å². The summed E-state index contributed by atoms with van der Waals surface area (Å²) in [5, 5.41) is 13.3. The SMILES string of the molecule is Cc1ccc(NC(=O)COC(=O)c2cccc(OC(F)F)c2)c([N+](=O)[O-])c1. The molecular formula is C17H14F2N2O6. The van der Waals surface area contributed by atoms with E-state index in [-0.39, 0.29) is 22.7 Å². The van der Waals surface area contributed by atoms with Crippen LogP contribution in [0.3, 0.4) is 0 Å². The smallest absolute Gasteiger partial charge is 0.387 e. The van der Waals surface area contributed by atoms with Crippen LogP contribution in [0.15, 0.2) is 42.5 Å². The topological polar surface area (TPSA) is 108 Å². The number of nitrogens with one attached hydrogen (secondary N) is 1. The van der Waals surface area contributed by atoms with Gasteiger partial charge in [0.15, 0.2) is 6.61 Å². The molecule has 142 valence electrons. The summed E-state index contributed by atoms with van der Waals surface area (Å²) in [5.74, 6) is -1.97. The minimum atomic E-state index is -3.05. The number of anilines is 1. The summed E-state index contributed by atoms with van der Waals surface area (Å²) in [7, 11) is 0. The van der Waals surface area contributed by atoms with E-state index in [1.165, 1.54) is 30.3 Å². The average molecular weight is 380 g/mol. The van der Waals surface area contributed by atoms with Crippen molar-refractivity contribution in [3.63, 3.8) is 0 Å². The van der Waals surface area contributed by atoms with Crippen LogP contribution in [-0.2, 0) is 9.53 Å². The number of nitro groups is 1. The van der Waals surface area contributed by atoms with Crippen molar-refractivity contribution in [2.24, 2.45) is 0 Å². The summed E-state index contributed by atoms with van der Waals surface area (Å²) in [6.07, 6.45) is 0. The second-order valence-corrected chi connectivity index (χ2v) is 5.31. The molecular weight excluding hydrogens is 366 g/mol. The van der Waals surface area contributed by atoms with E-state index < -0.39 is 30.0 Å². The number of aryl methyl sites for hydroxylation is 1. The van der Waals surface area contributed by atoms with Gasteiger partial charge in [-0.05, 0) is 36.8 Å². The Morgan fingerprint density at radius 1 is 1.22 bits per heavy atom. The first-order chi connectivity index (χ1) is 12.8. The highest BCUT2D eigenvalue weighted by Crippen LogP contribution is 2.25. The molecule has 0 aromatic heterocycles. The molecule has 0 aliphatic carbocycles. The number of hydrogen-bond acceptors (Lipinski definition) is 6. The number of nitrogens with zero attached hydrogens (tertiary/aromatic N) is 1. The van der Waals surface area contributed by atoms with E-state index in [1.807, 2.05) is 0 Å². The fourth-order valence-corrected chi connectivity index (χ4v) is 2.10. The largest absolute Gasteiger partial charge is 0.452 e. The minimum Gasteiger partial charge on any atom is -0.452 e. The van der Waals surface area contributed by atoms with Crippen molar-refractivity contribution in [2.45, 2.75) is 13.5 Å². The third-order valence-electron chi connectivity index (χ3n) is 3.25. The molecule has 0 saturated carbocycles. The highest BCUT2D eigenvalue weighted by atomic mass is 19.3. The van der Waals surface area contributed by atoms with Gasteiger partial charge in [-0.2, -0.15) is 8.78 Å². The normalized spacial score (nSPS) is 10.4. The summed E-state index contributed by atoms with van der Waals surface area (Å²) in [6, 6.07) is 9.09. The fraction of sp³-hybridized carbons (Fsp3) is 0.176. The highest BCUT2D eigenvalue weighted by molar-refractivity contribution is 5.96. The van der Waals surface area contributed by atoms with Crippen LogP contribution in [0, 0.1) is 17.0 Å². The number of carbonyl (C=O) groups excluding carboxylic acids is 2. The molecule has 0 spiro atoms. The third kappa shape index (κ3) is 5.73. The second-order valence-electron chi connectivity index (χ2n) is 5.31. The van der Waals surface area contributed by atoms with Gasteiger partial charge in [0.25, 0.3) is 11.6 Å². The van der Waals surface area contributed by atoms with E-state index in [1.54, 1.807) is 13.0 Å². The fourth-order valence-electron chi connectivity index (χ4n) is 2.10. The van der Waals surface area contributed by atoms with E-state index in [2.05, 4.69) is 10.1 Å². The summed E-state index contributed by atoms with van der Waals surface area (Å²) in [5.41, 5.74) is 0.199. The first kappa shape index (κ1) is 19.8. The summed E-state index contributed by atoms with van der Waals surface area (Å²) in [6.45, 7) is -2.11. The molecule has 0 radical (unpaired) electrons. The summed E-state index contributed by atoms with van der Waals surface area (Å²) >= 11 is 0. The Morgan fingerprint density at radius 3 is 2.63 bits per heavy atom. The van der Waals surface area contributed by atoms with Crippen LogP contribution in [0.25, 0.3) is 0 Å². The van der Waals surface area contributed by atoms with Gasteiger partial charge in [0.1, 0.15) is 11.4 Å². The van der Waals surface area contributed by atoms with Gasteiger partial charge in [-0.25, -0.2) is 4.79 Å². The van der Waals surface area contributed by atoms with E-state index in [4.69, 9.17) is 4.74 Å². The van der Waals surface area contributed by atoms with Crippen molar-refractivity contribution < 1.29 is 32.8 Å². The number of hydrogen-bond donors (Lipinski definition) is 1. The monoisotopic (exact) mass is 380 g/mol. The van der Waals surface area contributed by atoms with E-state index in [0.29, 0.717) is 5.56 Å². The van der Waals surface area contributed by atoms with Gasteiger partial charge >= 0.3 is 12.6 Å². The Bertz CT molecular complexity index is 872. The van der Waals surface area contributed by atoms with Crippen molar-refractivity contribution in [3.8, 4) is 5.75 Å². The first-order valence-corrected chi connectivity index (χ1v) is 7.53. The molecule has 0 unspecified atom stereocenters. The molecule has 0 aliphatic heterocycles. The molecule has 2 aromatic carbocycles. The Hall–Kier alpha value is -3.56. The zero-order chi connectivity index (χ0) is 20.0. The molecule has 0 saturated heterocycles. The lowest BCUT2D eigenvalue weighted by molar-refractivity contribution is -0.384. The number of alkyl halides is 2. The van der Waals surface area contributed by atoms with Crippen LogP contribution in [0.2, 0.25) is 0 Å². The molecule has 0 aliphatic rings. The maximum Gasteiger partial charge on any atom is 0.387 e. The molecule has 0 atom stereocenters. The number of halogens is 2. The van der Waals surface area contributed by atoms with Crippen molar-refractivity contribution in [3.05, 3.63) is 63.7 Å². The predicted molar refractivity (Wildman–Crippen MR) is 89.8 cm³/mol.